The molecule has 1 aromatic heterocycles. The fourth-order valence-electron chi connectivity index (χ4n) is 1.80. The third-order valence-electron chi connectivity index (χ3n) is 2.94. The standard InChI is InChI=1S/C15H18N2OS/c1-2-12-8-9-14(19-12)15(18)17-10-13(16)11-6-4-3-5-7-11/h3-9,13H,2,10,16H2,1H3,(H,17,18). The summed E-state index contributed by atoms with van der Waals surface area (Å²) in [5.74, 6) is -0.0453. The van der Waals surface area contributed by atoms with E-state index in [0.29, 0.717) is 6.54 Å². The first kappa shape index (κ1) is 13.8. The van der Waals surface area contributed by atoms with Crippen molar-refractivity contribution in [1.29, 1.82) is 0 Å². The lowest BCUT2D eigenvalue weighted by molar-refractivity contribution is 0.0955. The fraction of sp³-hybridized carbons (Fsp3) is 0.267. The van der Waals surface area contributed by atoms with Gasteiger partial charge in [0, 0.05) is 17.5 Å². The molecule has 19 heavy (non-hydrogen) atoms. The number of carbonyl (C=O) groups is 1. The molecule has 0 saturated heterocycles. The van der Waals surface area contributed by atoms with E-state index in [0.717, 1.165) is 16.9 Å². The molecule has 2 aromatic rings. The molecule has 0 radical (unpaired) electrons. The zero-order valence-electron chi connectivity index (χ0n) is 10.9. The van der Waals surface area contributed by atoms with Gasteiger partial charge in [-0.25, -0.2) is 0 Å². The van der Waals surface area contributed by atoms with E-state index in [9.17, 15) is 4.79 Å². The normalized spacial score (nSPS) is 12.1. The number of hydrogen-bond acceptors (Lipinski definition) is 3. The maximum absolute atomic E-state index is 12.0. The Hall–Kier alpha value is -1.65. The van der Waals surface area contributed by atoms with Crippen LogP contribution in [0.4, 0.5) is 0 Å². The van der Waals surface area contributed by atoms with Crippen LogP contribution in [0.15, 0.2) is 42.5 Å². The summed E-state index contributed by atoms with van der Waals surface area (Å²) in [7, 11) is 0. The number of amides is 1. The summed E-state index contributed by atoms with van der Waals surface area (Å²) in [6, 6.07) is 13.5. The lowest BCUT2D eigenvalue weighted by Crippen LogP contribution is -2.31. The summed E-state index contributed by atoms with van der Waals surface area (Å²) in [6.07, 6.45) is 0.960. The fourth-order valence-corrected chi connectivity index (χ4v) is 2.66. The van der Waals surface area contributed by atoms with Crippen molar-refractivity contribution < 1.29 is 4.79 Å². The van der Waals surface area contributed by atoms with Gasteiger partial charge in [0.1, 0.15) is 0 Å². The van der Waals surface area contributed by atoms with Gasteiger partial charge in [-0.1, -0.05) is 37.3 Å². The number of nitrogens with two attached hydrogens (primary N) is 1. The Kier molecular flexibility index (Phi) is 4.71. The molecule has 0 spiro atoms. The average Bonchev–Trinajstić information content (AvgIpc) is 2.94. The molecule has 4 heteroatoms. The second-order valence-corrected chi connectivity index (χ2v) is 5.52. The van der Waals surface area contributed by atoms with E-state index in [4.69, 9.17) is 5.73 Å². The van der Waals surface area contributed by atoms with Gasteiger partial charge in [0.05, 0.1) is 4.88 Å². The molecule has 1 unspecified atom stereocenters. The van der Waals surface area contributed by atoms with Gasteiger partial charge < -0.3 is 11.1 Å². The van der Waals surface area contributed by atoms with Crippen LogP contribution >= 0.6 is 11.3 Å². The summed E-state index contributed by atoms with van der Waals surface area (Å²) < 4.78 is 0. The van der Waals surface area contributed by atoms with Crippen LogP contribution in [-0.4, -0.2) is 12.5 Å². The highest BCUT2D eigenvalue weighted by molar-refractivity contribution is 7.14. The van der Waals surface area contributed by atoms with Crippen molar-refractivity contribution >= 4 is 17.2 Å². The molecule has 0 saturated carbocycles. The zero-order valence-corrected chi connectivity index (χ0v) is 11.7. The van der Waals surface area contributed by atoms with Gasteiger partial charge in [-0.3, -0.25) is 4.79 Å². The SMILES string of the molecule is CCc1ccc(C(=O)NCC(N)c2ccccc2)s1. The van der Waals surface area contributed by atoms with Crippen molar-refractivity contribution in [1.82, 2.24) is 5.32 Å². The van der Waals surface area contributed by atoms with Gasteiger partial charge in [-0.05, 0) is 24.1 Å². The topological polar surface area (TPSA) is 55.1 Å². The highest BCUT2D eigenvalue weighted by Gasteiger charge is 2.11. The van der Waals surface area contributed by atoms with Crippen LogP contribution < -0.4 is 11.1 Å². The largest absolute Gasteiger partial charge is 0.349 e. The smallest absolute Gasteiger partial charge is 0.261 e. The number of benzene rings is 1. The summed E-state index contributed by atoms with van der Waals surface area (Å²) in [6.45, 7) is 2.53. The maximum atomic E-state index is 12.0. The van der Waals surface area contributed by atoms with Crippen molar-refractivity contribution in [2.45, 2.75) is 19.4 Å². The Bertz CT molecular complexity index is 536. The van der Waals surface area contributed by atoms with Gasteiger partial charge in [0.25, 0.3) is 5.91 Å². The highest BCUT2D eigenvalue weighted by atomic mass is 32.1. The molecule has 2 rings (SSSR count). The second-order valence-electron chi connectivity index (χ2n) is 4.35. The molecule has 1 atom stereocenters. The van der Waals surface area contributed by atoms with Gasteiger partial charge >= 0.3 is 0 Å². The van der Waals surface area contributed by atoms with E-state index in [1.807, 2.05) is 42.5 Å². The minimum Gasteiger partial charge on any atom is -0.349 e. The molecule has 0 bridgehead atoms. The quantitative estimate of drug-likeness (QED) is 0.881. The van der Waals surface area contributed by atoms with Crippen LogP contribution in [-0.2, 0) is 6.42 Å². The third kappa shape index (κ3) is 3.66. The average molecular weight is 274 g/mol. The van der Waals surface area contributed by atoms with Crippen molar-refractivity contribution in [3.63, 3.8) is 0 Å². The van der Waals surface area contributed by atoms with Crippen molar-refractivity contribution in [3.05, 3.63) is 57.8 Å². The molecule has 3 N–H and O–H groups in total. The molecule has 0 aliphatic carbocycles. The highest BCUT2D eigenvalue weighted by Crippen LogP contribution is 2.17. The molecule has 100 valence electrons. The summed E-state index contributed by atoms with van der Waals surface area (Å²) in [4.78, 5) is 13.9. The predicted molar refractivity (Wildman–Crippen MR) is 79.4 cm³/mol. The van der Waals surface area contributed by atoms with E-state index < -0.39 is 0 Å². The first-order valence-electron chi connectivity index (χ1n) is 6.38. The zero-order chi connectivity index (χ0) is 13.7. The van der Waals surface area contributed by atoms with Crippen molar-refractivity contribution in [2.24, 2.45) is 5.73 Å². The Labute approximate surface area is 117 Å². The number of aryl methyl sites for hydroxylation is 1. The predicted octanol–water partition coefficient (Wildman–Crippen LogP) is 2.74. The van der Waals surface area contributed by atoms with E-state index >= 15 is 0 Å². The first-order valence-corrected chi connectivity index (χ1v) is 7.19. The molecule has 0 fully saturated rings. The first-order chi connectivity index (χ1) is 9.20. The molecule has 1 amide bonds. The van der Waals surface area contributed by atoms with E-state index in [2.05, 4.69) is 12.2 Å². The Morgan fingerprint density at radius 3 is 2.63 bits per heavy atom. The van der Waals surface area contributed by atoms with Crippen LogP contribution in [0.1, 0.15) is 33.1 Å². The molecule has 0 aliphatic rings. The van der Waals surface area contributed by atoms with Crippen LogP contribution in [0, 0.1) is 0 Å². The number of nitrogens with one attached hydrogen (secondary N) is 1. The molecule has 1 aromatic carbocycles. The molecular formula is C15H18N2OS. The molecule has 1 heterocycles. The number of thiophene rings is 1. The monoisotopic (exact) mass is 274 g/mol. The van der Waals surface area contributed by atoms with Gasteiger partial charge in [-0.15, -0.1) is 11.3 Å². The van der Waals surface area contributed by atoms with Crippen LogP contribution in [0.3, 0.4) is 0 Å². The summed E-state index contributed by atoms with van der Waals surface area (Å²) >= 11 is 1.54. The Balaban J connectivity index is 1.90. The van der Waals surface area contributed by atoms with Crippen LogP contribution in [0.25, 0.3) is 0 Å². The van der Waals surface area contributed by atoms with Gasteiger partial charge in [-0.2, -0.15) is 0 Å². The lowest BCUT2D eigenvalue weighted by atomic mass is 10.1. The number of carbonyl (C=O) groups excluding carboxylic acids is 1. The maximum Gasteiger partial charge on any atom is 0.261 e. The van der Waals surface area contributed by atoms with E-state index in [-0.39, 0.29) is 11.9 Å². The van der Waals surface area contributed by atoms with Crippen molar-refractivity contribution in [3.8, 4) is 0 Å². The molecule has 3 nitrogen and oxygen atoms in total. The summed E-state index contributed by atoms with van der Waals surface area (Å²) in [5.41, 5.74) is 7.07. The Morgan fingerprint density at radius 2 is 2.00 bits per heavy atom. The second kappa shape index (κ2) is 6.50. The minimum absolute atomic E-state index is 0.0453. The molecule has 0 aliphatic heterocycles. The number of rotatable bonds is 5. The van der Waals surface area contributed by atoms with E-state index in [1.165, 1.54) is 16.2 Å². The Morgan fingerprint density at radius 1 is 1.26 bits per heavy atom. The van der Waals surface area contributed by atoms with Crippen LogP contribution in [0.2, 0.25) is 0 Å². The molecular weight excluding hydrogens is 256 g/mol. The van der Waals surface area contributed by atoms with Gasteiger partial charge in [0.2, 0.25) is 0 Å². The minimum atomic E-state index is -0.171. The van der Waals surface area contributed by atoms with E-state index in [1.54, 1.807) is 0 Å². The third-order valence-corrected chi connectivity index (χ3v) is 4.17. The number of hydrogen-bond donors (Lipinski definition) is 2. The lowest BCUT2D eigenvalue weighted by Gasteiger charge is -2.12. The van der Waals surface area contributed by atoms with Gasteiger partial charge in [0.15, 0.2) is 0 Å². The summed E-state index contributed by atoms with van der Waals surface area (Å²) in [5, 5.41) is 2.88. The van der Waals surface area contributed by atoms with Crippen molar-refractivity contribution in [2.75, 3.05) is 6.54 Å². The van der Waals surface area contributed by atoms with Crippen LogP contribution in [0.5, 0.6) is 0 Å².